The topological polar surface area (TPSA) is 54.4 Å². The Balaban J connectivity index is 3.30. The molecule has 1 N–H and O–H groups in total. The molecule has 0 aromatic heterocycles. The molecule has 3 nitrogen and oxygen atoms in total. The fourth-order valence-corrected chi connectivity index (χ4v) is 2.42. The molecule has 0 bridgehead atoms. The second kappa shape index (κ2) is 6.23. The largest absolute Gasteiger partial charge is 0.507 e. The van der Waals surface area contributed by atoms with Crippen LogP contribution < -0.4 is 0 Å². The first-order valence-electron chi connectivity index (χ1n) is 7.74. The van der Waals surface area contributed by atoms with Crippen LogP contribution in [-0.4, -0.2) is 16.7 Å². The van der Waals surface area contributed by atoms with Crippen LogP contribution in [0.15, 0.2) is 12.1 Å². The van der Waals surface area contributed by atoms with Crippen molar-refractivity contribution < 1.29 is 14.7 Å². The second-order valence-corrected chi connectivity index (χ2v) is 8.02. The molecule has 0 saturated carbocycles. The first-order valence-corrected chi connectivity index (χ1v) is 7.74. The van der Waals surface area contributed by atoms with Gasteiger partial charge in [-0.05, 0) is 33.9 Å². The van der Waals surface area contributed by atoms with Gasteiger partial charge in [-0.3, -0.25) is 9.59 Å². The van der Waals surface area contributed by atoms with Crippen molar-refractivity contribution in [3.05, 3.63) is 28.8 Å². The molecule has 0 aliphatic rings. The summed E-state index contributed by atoms with van der Waals surface area (Å²) in [6, 6.07) is 3.91. The maximum atomic E-state index is 11.5. The van der Waals surface area contributed by atoms with Crippen LogP contribution in [0.5, 0.6) is 5.75 Å². The van der Waals surface area contributed by atoms with Gasteiger partial charge >= 0.3 is 0 Å². The molecule has 3 heteroatoms. The molecule has 0 unspecified atom stereocenters. The number of hydrogen-bond acceptors (Lipinski definition) is 3. The highest BCUT2D eigenvalue weighted by Gasteiger charge is 2.26. The number of aryl methyl sites for hydroxylation is 1. The van der Waals surface area contributed by atoms with Crippen LogP contribution in [0, 0.1) is 0 Å². The molecule has 0 aliphatic heterocycles. The van der Waals surface area contributed by atoms with Crippen LogP contribution >= 0.6 is 0 Å². The molecule has 1 aromatic rings. The summed E-state index contributed by atoms with van der Waals surface area (Å²) < 4.78 is 0. The van der Waals surface area contributed by atoms with Crippen molar-refractivity contribution in [2.45, 2.75) is 72.1 Å². The number of phenols is 1. The Kier molecular flexibility index (Phi) is 5.21. The average molecular weight is 304 g/mol. The summed E-state index contributed by atoms with van der Waals surface area (Å²) in [5, 5.41) is 10.6. The SMILES string of the molecule is CC(=O)C(=O)CCc1cc(C(C)(C)C)c(O)c(C(C)(C)C)c1. The minimum absolute atomic E-state index is 0.190. The minimum atomic E-state index is -0.397. The predicted molar refractivity (Wildman–Crippen MR) is 89.5 cm³/mol. The third kappa shape index (κ3) is 4.43. The zero-order chi connectivity index (χ0) is 17.3. The molecule has 1 aromatic carbocycles. The molecule has 0 spiro atoms. The van der Waals surface area contributed by atoms with E-state index < -0.39 is 5.78 Å². The summed E-state index contributed by atoms with van der Waals surface area (Å²) in [6.07, 6.45) is 0.734. The quantitative estimate of drug-likeness (QED) is 0.853. The lowest BCUT2D eigenvalue weighted by atomic mass is 9.78. The van der Waals surface area contributed by atoms with Gasteiger partial charge in [0.25, 0.3) is 0 Å². The van der Waals surface area contributed by atoms with E-state index >= 15 is 0 Å². The molecule has 22 heavy (non-hydrogen) atoms. The highest BCUT2D eigenvalue weighted by molar-refractivity contribution is 6.36. The third-order valence-electron chi connectivity index (χ3n) is 3.82. The average Bonchev–Trinajstić information content (AvgIpc) is 2.33. The summed E-state index contributed by atoms with van der Waals surface area (Å²) in [6.45, 7) is 13.6. The number of hydrogen-bond donors (Lipinski definition) is 1. The van der Waals surface area contributed by atoms with Gasteiger partial charge in [-0.1, -0.05) is 53.7 Å². The number of carbonyl (C=O) groups excluding carboxylic acids is 2. The smallest absolute Gasteiger partial charge is 0.198 e. The lowest BCUT2D eigenvalue weighted by Gasteiger charge is -2.28. The zero-order valence-corrected chi connectivity index (χ0v) is 14.8. The minimum Gasteiger partial charge on any atom is -0.507 e. The first kappa shape index (κ1) is 18.4. The van der Waals surface area contributed by atoms with E-state index in [4.69, 9.17) is 0 Å². The van der Waals surface area contributed by atoms with E-state index in [1.165, 1.54) is 6.92 Å². The van der Waals surface area contributed by atoms with E-state index in [1.54, 1.807) is 0 Å². The van der Waals surface area contributed by atoms with Gasteiger partial charge in [0.2, 0.25) is 0 Å². The maximum Gasteiger partial charge on any atom is 0.198 e. The lowest BCUT2D eigenvalue weighted by molar-refractivity contribution is -0.135. The van der Waals surface area contributed by atoms with Crippen molar-refractivity contribution in [3.63, 3.8) is 0 Å². The van der Waals surface area contributed by atoms with Gasteiger partial charge in [-0.15, -0.1) is 0 Å². The molecule has 1 rings (SSSR count). The molecule has 0 atom stereocenters. The van der Waals surface area contributed by atoms with Gasteiger partial charge in [0.05, 0.1) is 0 Å². The normalized spacial score (nSPS) is 12.3. The van der Waals surface area contributed by atoms with Crippen LogP contribution in [0.2, 0.25) is 0 Å². The van der Waals surface area contributed by atoms with E-state index in [2.05, 4.69) is 41.5 Å². The summed E-state index contributed by atoms with van der Waals surface area (Å²) in [5.74, 6) is -0.407. The molecular weight excluding hydrogens is 276 g/mol. The summed E-state index contributed by atoms with van der Waals surface area (Å²) in [5.41, 5.74) is 2.37. The van der Waals surface area contributed by atoms with Gasteiger partial charge in [0.15, 0.2) is 11.6 Å². The molecular formula is C19H28O3. The molecule has 0 radical (unpaired) electrons. The van der Waals surface area contributed by atoms with Crippen LogP contribution in [0.4, 0.5) is 0 Å². The number of phenolic OH excluding ortho intramolecular Hbond substituents is 1. The predicted octanol–water partition coefficient (Wildman–Crippen LogP) is 4.08. The number of benzene rings is 1. The van der Waals surface area contributed by atoms with Crippen LogP contribution in [0.1, 0.15) is 71.6 Å². The molecule has 122 valence electrons. The van der Waals surface area contributed by atoms with E-state index in [-0.39, 0.29) is 23.0 Å². The van der Waals surface area contributed by atoms with Gasteiger partial charge in [0, 0.05) is 13.3 Å². The highest BCUT2D eigenvalue weighted by Crippen LogP contribution is 2.39. The van der Waals surface area contributed by atoms with Crippen molar-refractivity contribution in [2.75, 3.05) is 0 Å². The summed E-state index contributed by atoms with van der Waals surface area (Å²) in [4.78, 5) is 22.6. The Morgan fingerprint density at radius 2 is 1.36 bits per heavy atom. The number of Topliss-reactive ketones (excluding diaryl/α,β-unsaturated/α-hetero) is 2. The summed E-state index contributed by atoms with van der Waals surface area (Å²) >= 11 is 0. The van der Waals surface area contributed by atoms with Gasteiger partial charge in [-0.25, -0.2) is 0 Å². The van der Waals surface area contributed by atoms with Crippen LogP contribution in [0.3, 0.4) is 0 Å². The van der Waals surface area contributed by atoms with Crippen molar-refractivity contribution in [1.29, 1.82) is 0 Å². The van der Waals surface area contributed by atoms with Crippen molar-refractivity contribution in [2.24, 2.45) is 0 Å². The van der Waals surface area contributed by atoms with Crippen molar-refractivity contribution in [3.8, 4) is 5.75 Å². The van der Waals surface area contributed by atoms with Gasteiger partial charge in [-0.2, -0.15) is 0 Å². The Morgan fingerprint density at radius 1 is 0.955 bits per heavy atom. The van der Waals surface area contributed by atoms with E-state index in [0.717, 1.165) is 16.7 Å². The van der Waals surface area contributed by atoms with Crippen molar-refractivity contribution in [1.82, 2.24) is 0 Å². The van der Waals surface area contributed by atoms with Crippen LogP contribution in [-0.2, 0) is 26.8 Å². The maximum absolute atomic E-state index is 11.5. The molecule has 0 heterocycles. The Bertz CT molecular complexity index is 549. The van der Waals surface area contributed by atoms with E-state index in [1.807, 2.05) is 12.1 Å². The number of ketones is 2. The van der Waals surface area contributed by atoms with Crippen molar-refractivity contribution >= 4 is 11.6 Å². The monoisotopic (exact) mass is 304 g/mol. The molecule has 0 saturated heterocycles. The first-order chi connectivity index (χ1) is 9.84. The third-order valence-corrected chi connectivity index (χ3v) is 3.82. The summed E-state index contributed by atoms with van der Waals surface area (Å²) in [7, 11) is 0. The number of rotatable bonds is 4. The number of carbonyl (C=O) groups is 2. The fourth-order valence-electron chi connectivity index (χ4n) is 2.42. The molecule has 0 aliphatic carbocycles. The molecule has 0 fully saturated rings. The lowest BCUT2D eigenvalue weighted by Crippen LogP contribution is -2.18. The Hall–Kier alpha value is -1.64. The number of aromatic hydroxyl groups is 1. The fraction of sp³-hybridized carbons (Fsp3) is 0.579. The molecule has 0 amide bonds. The standard InChI is InChI=1S/C19H28O3/c1-12(20)16(21)9-8-13-10-14(18(2,3)4)17(22)15(11-13)19(5,6)7/h10-11,22H,8-9H2,1-7H3. The van der Waals surface area contributed by atoms with E-state index in [9.17, 15) is 14.7 Å². The van der Waals surface area contributed by atoms with E-state index in [0.29, 0.717) is 12.2 Å². The van der Waals surface area contributed by atoms with Gasteiger partial charge in [0.1, 0.15) is 5.75 Å². The zero-order valence-electron chi connectivity index (χ0n) is 14.8. The Morgan fingerprint density at radius 3 is 1.68 bits per heavy atom. The highest BCUT2D eigenvalue weighted by atomic mass is 16.3. The van der Waals surface area contributed by atoms with Crippen LogP contribution in [0.25, 0.3) is 0 Å². The second-order valence-electron chi connectivity index (χ2n) is 8.02. The Labute approximate surface area is 133 Å². The van der Waals surface area contributed by atoms with Gasteiger partial charge < -0.3 is 5.11 Å².